The molecule has 3 N–H and O–H groups in total. The van der Waals surface area contributed by atoms with Crippen molar-refractivity contribution in [3.63, 3.8) is 0 Å². The molecule has 6 heteroatoms. The van der Waals surface area contributed by atoms with E-state index in [2.05, 4.69) is 25.2 Å². The second-order valence-corrected chi connectivity index (χ2v) is 11.2. The van der Waals surface area contributed by atoms with E-state index in [0.29, 0.717) is 12.0 Å². The predicted octanol–water partition coefficient (Wildman–Crippen LogP) is 4.23. The number of hydrogen-bond donors (Lipinski definition) is 3. The van der Waals surface area contributed by atoms with Crippen molar-refractivity contribution in [2.24, 2.45) is 22.2 Å². The van der Waals surface area contributed by atoms with E-state index in [1.54, 1.807) is 19.1 Å². The van der Waals surface area contributed by atoms with E-state index < -0.39 is 5.41 Å². The summed E-state index contributed by atoms with van der Waals surface area (Å²) in [5, 5.41) is 22.9. The number of rotatable bonds is 4. The maximum absolute atomic E-state index is 13.2. The minimum atomic E-state index is -0.684. The van der Waals surface area contributed by atoms with Crippen LogP contribution in [0.5, 0.6) is 11.5 Å². The minimum Gasteiger partial charge on any atom is -0.506 e. The van der Waals surface area contributed by atoms with Crippen molar-refractivity contribution in [3.05, 3.63) is 29.8 Å². The molecule has 2 saturated carbocycles. The summed E-state index contributed by atoms with van der Waals surface area (Å²) >= 11 is 0. The molecule has 0 aromatic heterocycles. The summed E-state index contributed by atoms with van der Waals surface area (Å²) in [6.45, 7) is 8.17. The van der Waals surface area contributed by atoms with Crippen molar-refractivity contribution in [3.8, 4) is 11.5 Å². The van der Waals surface area contributed by atoms with Crippen LogP contribution in [0.3, 0.4) is 0 Å². The third-order valence-electron chi connectivity index (χ3n) is 8.54. The van der Waals surface area contributed by atoms with Crippen molar-refractivity contribution in [1.82, 2.24) is 0 Å². The van der Waals surface area contributed by atoms with Gasteiger partial charge < -0.3 is 20.3 Å². The normalized spacial score (nSPS) is 42.1. The first kappa shape index (κ1) is 20.6. The van der Waals surface area contributed by atoms with Crippen LogP contribution in [0.4, 0.5) is 5.69 Å². The Balaban J connectivity index is 1.39. The van der Waals surface area contributed by atoms with Gasteiger partial charge in [-0.2, -0.15) is 0 Å². The fraction of sp³-hybridized carbons (Fsp3) is 0.600. The maximum Gasteiger partial charge on any atom is 0.224 e. The Morgan fingerprint density at radius 1 is 1.19 bits per heavy atom. The molecule has 166 valence electrons. The van der Waals surface area contributed by atoms with Crippen LogP contribution < -0.4 is 5.32 Å². The number of phenolic OH excluding ortho intramolecular Hbond substituents is 2. The van der Waals surface area contributed by atoms with E-state index in [9.17, 15) is 19.8 Å². The highest BCUT2D eigenvalue weighted by Crippen LogP contribution is 2.75. The summed E-state index contributed by atoms with van der Waals surface area (Å²) in [6.07, 6.45) is 7.40. The molecular weight excluding hydrogens is 394 g/mol. The Morgan fingerprint density at radius 2 is 1.94 bits per heavy atom. The van der Waals surface area contributed by atoms with Gasteiger partial charge in [0.05, 0.1) is 11.7 Å². The fourth-order valence-corrected chi connectivity index (χ4v) is 7.65. The molecule has 1 amide bonds. The number of phenols is 2. The van der Waals surface area contributed by atoms with E-state index >= 15 is 0 Å². The number of aryl methyl sites for hydroxylation is 1. The van der Waals surface area contributed by atoms with Crippen LogP contribution in [0.25, 0.3) is 0 Å². The Hall–Kier alpha value is -2.34. The molecule has 0 radical (unpaired) electrons. The molecule has 31 heavy (non-hydrogen) atoms. The number of aromatic hydroxyl groups is 2. The highest BCUT2D eigenvalue weighted by Gasteiger charge is 2.75. The second kappa shape index (κ2) is 6.12. The molecule has 5 unspecified atom stereocenters. The molecule has 4 bridgehead atoms. The van der Waals surface area contributed by atoms with Gasteiger partial charge in [-0.15, -0.1) is 0 Å². The molecule has 6 atom stereocenters. The van der Waals surface area contributed by atoms with Gasteiger partial charge in [0.2, 0.25) is 5.91 Å². The monoisotopic (exact) mass is 425 g/mol. The molecule has 3 aliphatic carbocycles. The molecular formula is C25H31NO5. The van der Waals surface area contributed by atoms with Gasteiger partial charge in [0.15, 0.2) is 5.78 Å². The average molecular weight is 426 g/mol. The van der Waals surface area contributed by atoms with Gasteiger partial charge in [-0.25, -0.2) is 0 Å². The lowest BCUT2D eigenvalue weighted by molar-refractivity contribution is -0.170. The fourth-order valence-electron chi connectivity index (χ4n) is 7.65. The topological polar surface area (TPSA) is 95.9 Å². The Kier molecular flexibility index (Phi) is 4.06. The summed E-state index contributed by atoms with van der Waals surface area (Å²) < 4.78 is 6.54. The largest absolute Gasteiger partial charge is 0.506 e. The van der Waals surface area contributed by atoms with E-state index in [4.69, 9.17) is 4.74 Å². The number of ether oxygens (including phenoxy) is 1. The average Bonchev–Trinajstić information content (AvgIpc) is 2.99. The number of carbonyl (C=O) groups excluding carboxylic acids is 2. The van der Waals surface area contributed by atoms with E-state index in [1.165, 1.54) is 6.07 Å². The number of amides is 1. The van der Waals surface area contributed by atoms with Gasteiger partial charge in [-0.1, -0.05) is 26.0 Å². The molecule has 1 spiro atoms. The third kappa shape index (κ3) is 2.73. The summed E-state index contributed by atoms with van der Waals surface area (Å²) in [5.74, 6) is -0.537. The summed E-state index contributed by atoms with van der Waals surface area (Å²) in [6, 6.07) is 3.02. The van der Waals surface area contributed by atoms with Crippen LogP contribution in [0.1, 0.15) is 58.4 Å². The molecule has 1 aromatic rings. The second-order valence-electron chi connectivity index (χ2n) is 11.2. The van der Waals surface area contributed by atoms with Crippen LogP contribution in [0.15, 0.2) is 24.3 Å². The first-order chi connectivity index (χ1) is 14.4. The summed E-state index contributed by atoms with van der Waals surface area (Å²) in [4.78, 5) is 25.9. The molecule has 2 heterocycles. The maximum atomic E-state index is 13.2. The lowest BCUT2D eigenvalue weighted by Gasteiger charge is -2.54. The van der Waals surface area contributed by atoms with Gasteiger partial charge in [0, 0.05) is 17.8 Å². The van der Waals surface area contributed by atoms with Crippen molar-refractivity contribution in [2.45, 2.75) is 71.5 Å². The number of anilines is 1. The van der Waals surface area contributed by atoms with Crippen molar-refractivity contribution < 1.29 is 24.5 Å². The highest BCUT2D eigenvalue weighted by atomic mass is 16.5. The smallest absolute Gasteiger partial charge is 0.224 e. The number of hydrogen-bond acceptors (Lipinski definition) is 5. The van der Waals surface area contributed by atoms with Crippen LogP contribution in [0.2, 0.25) is 0 Å². The Morgan fingerprint density at radius 3 is 2.68 bits per heavy atom. The zero-order valence-corrected chi connectivity index (χ0v) is 18.6. The van der Waals surface area contributed by atoms with Crippen LogP contribution >= 0.6 is 0 Å². The molecule has 1 aromatic carbocycles. The summed E-state index contributed by atoms with van der Waals surface area (Å²) in [7, 11) is 0. The van der Waals surface area contributed by atoms with Gasteiger partial charge >= 0.3 is 0 Å². The minimum absolute atomic E-state index is 0.0174. The zero-order chi connectivity index (χ0) is 22.4. The van der Waals surface area contributed by atoms with E-state index in [0.717, 1.165) is 19.3 Å². The van der Waals surface area contributed by atoms with Crippen molar-refractivity contribution in [2.75, 3.05) is 5.32 Å². The quantitative estimate of drug-likeness (QED) is 0.627. The molecule has 5 aliphatic rings. The SMILES string of the molecule is Cc1ccc(O)c(NC(=O)CC[C@]2(C)C(=O)C=CC34CC5(C)CC(C)(C3)C(O5)C42)c1O. The number of nitrogens with one attached hydrogen (secondary N) is 1. The van der Waals surface area contributed by atoms with E-state index in [-0.39, 0.29) is 63.8 Å². The van der Waals surface area contributed by atoms with Crippen molar-refractivity contribution >= 4 is 17.4 Å². The van der Waals surface area contributed by atoms with E-state index in [1.807, 2.05) is 6.92 Å². The zero-order valence-electron chi connectivity index (χ0n) is 18.6. The van der Waals surface area contributed by atoms with Crippen LogP contribution in [-0.2, 0) is 14.3 Å². The van der Waals surface area contributed by atoms with Crippen LogP contribution in [-0.4, -0.2) is 33.6 Å². The highest BCUT2D eigenvalue weighted by molar-refractivity contribution is 5.98. The number of carbonyl (C=O) groups is 2. The standard InChI is InChI=1S/C25H31NO5/c1-14-5-6-15(27)18(19(14)30)26-17(29)8-9-24(4)16(28)7-10-25-12-22(2)11-23(3,13-25)31-21(22)20(24)25/h5-7,10,20-21,27,30H,8-9,11-13H2,1-4H3,(H,26,29)/t20?,21?,22?,23?,24-,25?/m1/s1. The lowest BCUT2D eigenvalue weighted by atomic mass is 9.53. The number of ketones is 1. The Labute approximate surface area is 182 Å². The first-order valence-electron chi connectivity index (χ1n) is 11.1. The third-order valence-corrected chi connectivity index (χ3v) is 8.54. The molecule has 4 fully saturated rings. The van der Waals surface area contributed by atoms with Gasteiger partial charge in [-0.05, 0) is 68.1 Å². The van der Waals surface area contributed by atoms with Crippen molar-refractivity contribution in [1.29, 1.82) is 0 Å². The number of benzene rings is 1. The first-order valence-corrected chi connectivity index (χ1v) is 11.1. The van der Waals surface area contributed by atoms with Gasteiger partial charge in [-0.3, -0.25) is 9.59 Å². The molecule has 2 aliphatic heterocycles. The molecule has 2 saturated heterocycles. The summed E-state index contributed by atoms with van der Waals surface area (Å²) in [5.41, 5.74) is -0.212. The van der Waals surface area contributed by atoms with Crippen LogP contribution in [0, 0.1) is 29.1 Å². The van der Waals surface area contributed by atoms with Gasteiger partial charge in [0.25, 0.3) is 0 Å². The number of allylic oxidation sites excluding steroid dienone is 2. The predicted molar refractivity (Wildman–Crippen MR) is 116 cm³/mol. The molecule has 6 rings (SSSR count). The van der Waals surface area contributed by atoms with Gasteiger partial charge in [0.1, 0.15) is 17.2 Å². The molecule has 6 nitrogen and oxygen atoms in total. The Bertz CT molecular complexity index is 1030. The lowest BCUT2D eigenvalue weighted by Crippen LogP contribution is -2.55.